The quantitative estimate of drug-likeness (QED) is 0.749. The number of carbonyl (C=O) groups excluding carboxylic acids is 1. The summed E-state index contributed by atoms with van der Waals surface area (Å²) < 4.78 is 5.09. The van der Waals surface area contributed by atoms with Crippen molar-refractivity contribution in [2.75, 3.05) is 26.7 Å². The molecule has 0 saturated carbocycles. The van der Waals surface area contributed by atoms with Crippen LogP contribution in [0, 0.1) is 5.92 Å². The summed E-state index contributed by atoms with van der Waals surface area (Å²) in [5.74, 6) is 0.741. The Morgan fingerprint density at radius 1 is 1.12 bits per heavy atom. The van der Waals surface area contributed by atoms with E-state index in [9.17, 15) is 4.79 Å². The third-order valence-corrected chi connectivity index (χ3v) is 5.06. The van der Waals surface area contributed by atoms with Crippen molar-refractivity contribution in [3.63, 3.8) is 0 Å². The van der Waals surface area contributed by atoms with Gasteiger partial charge in [-0.25, -0.2) is 0 Å². The van der Waals surface area contributed by atoms with E-state index in [1.807, 2.05) is 14.0 Å². The summed E-state index contributed by atoms with van der Waals surface area (Å²) in [5, 5.41) is 0. The van der Waals surface area contributed by atoms with Gasteiger partial charge in [-0.1, -0.05) is 54.6 Å². The highest BCUT2D eigenvalue weighted by atomic mass is 16.5. The molecule has 2 atom stereocenters. The van der Waals surface area contributed by atoms with E-state index in [4.69, 9.17) is 4.74 Å². The molecule has 0 N–H and O–H groups in total. The number of hydrogen-bond acceptors (Lipinski definition) is 3. The molecule has 0 aromatic heterocycles. The van der Waals surface area contributed by atoms with E-state index in [-0.39, 0.29) is 5.97 Å². The first-order valence-corrected chi connectivity index (χ1v) is 9.16. The Morgan fingerprint density at radius 2 is 1.84 bits per heavy atom. The van der Waals surface area contributed by atoms with Crippen LogP contribution in [0.4, 0.5) is 0 Å². The van der Waals surface area contributed by atoms with Gasteiger partial charge in [0.2, 0.25) is 0 Å². The first kappa shape index (κ1) is 17.7. The molecule has 2 unspecified atom stereocenters. The average Bonchev–Trinajstić information content (AvgIpc) is 2.62. The van der Waals surface area contributed by atoms with Gasteiger partial charge in [-0.15, -0.1) is 0 Å². The largest absolute Gasteiger partial charge is 0.465 e. The first-order chi connectivity index (χ1) is 12.2. The summed E-state index contributed by atoms with van der Waals surface area (Å²) in [6.07, 6.45) is 2.25. The van der Waals surface area contributed by atoms with Crippen molar-refractivity contribution >= 4 is 5.97 Å². The van der Waals surface area contributed by atoms with Gasteiger partial charge in [0.25, 0.3) is 0 Å². The predicted molar refractivity (Wildman–Crippen MR) is 101 cm³/mol. The molecule has 3 rings (SSSR count). The van der Waals surface area contributed by atoms with E-state index in [2.05, 4.69) is 59.5 Å². The van der Waals surface area contributed by atoms with Gasteiger partial charge in [0.15, 0.2) is 0 Å². The number of benzene rings is 2. The zero-order chi connectivity index (χ0) is 17.6. The number of rotatable bonds is 6. The van der Waals surface area contributed by atoms with Crippen molar-refractivity contribution < 1.29 is 9.53 Å². The Hall–Kier alpha value is -2.13. The number of likely N-dealkylation sites (N-methyl/N-ethyl adjacent to an activating group) is 1. The number of fused-ring (bicyclic) bond motifs is 1. The van der Waals surface area contributed by atoms with Crippen LogP contribution in [0.3, 0.4) is 0 Å². The molecule has 0 spiro atoms. The minimum atomic E-state index is -0.141. The standard InChI is InChI=1S/C22H27NO2/c1-3-25-21(24)16-23(2)15-19-14-13-17-9-7-8-12-20(17)22(19)18-10-5-4-6-11-18/h4-12,19,22H,3,13-16H2,1-2H3. The van der Waals surface area contributed by atoms with Crippen molar-refractivity contribution in [2.45, 2.75) is 25.7 Å². The number of carbonyl (C=O) groups is 1. The maximum atomic E-state index is 11.8. The van der Waals surface area contributed by atoms with Gasteiger partial charge in [0.05, 0.1) is 13.2 Å². The van der Waals surface area contributed by atoms with Crippen LogP contribution in [0.25, 0.3) is 0 Å². The second-order valence-electron chi connectivity index (χ2n) is 6.89. The molecular formula is C22H27NO2. The lowest BCUT2D eigenvalue weighted by Crippen LogP contribution is -2.36. The lowest BCUT2D eigenvalue weighted by Gasteiger charge is -2.36. The van der Waals surface area contributed by atoms with Crippen LogP contribution >= 0.6 is 0 Å². The highest BCUT2D eigenvalue weighted by Gasteiger charge is 2.31. The topological polar surface area (TPSA) is 29.5 Å². The van der Waals surface area contributed by atoms with E-state index >= 15 is 0 Å². The fraction of sp³-hybridized carbons (Fsp3) is 0.409. The average molecular weight is 337 g/mol. The van der Waals surface area contributed by atoms with Gasteiger partial charge in [0, 0.05) is 12.5 Å². The third-order valence-electron chi connectivity index (χ3n) is 5.06. The van der Waals surface area contributed by atoms with E-state index < -0.39 is 0 Å². The molecule has 25 heavy (non-hydrogen) atoms. The maximum Gasteiger partial charge on any atom is 0.320 e. The lowest BCUT2D eigenvalue weighted by atomic mass is 9.71. The molecule has 0 amide bonds. The zero-order valence-electron chi connectivity index (χ0n) is 15.2. The van der Waals surface area contributed by atoms with Gasteiger partial charge in [0.1, 0.15) is 0 Å². The first-order valence-electron chi connectivity index (χ1n) is 9.16. The van der Waals surface area contributed by atoms with Gasteiger partial charge in [-0.05, 0) is 49.4 Å². The van der Waals surface area contributed by atoms with Crippen molar-refractivity contribution in [3.8, 4) is 0 Å². The third kappa shape index (κ3) is 4.29. The van der Waals surface area contributed by atoms with Crippen molar-refractivity contribution in [3.05, 3.63) is 71.3 Å². The fourth-order valence-electron chi connectivity index (χ4n) is 4.03. The monoisotopic (exact) mass is 337 g/mol. The zero-order valence-corrected chi connectivity index (χ0v) is 15.2. The normalized spacial score (nSPS) is 19.5. The van der Waals surface area contributed by atoms with Crippen LogP contribution in [0.2, 0.25) is 0 Å². The van der Waals surface area contributed by atoms with E-state index in [0.29, 0.717) is 25.0 Å². The smallest absolute Gasteiger partial charge is 0.320 e. The molecule has 0 fully saturated rings. The summed E-state index contributed by atoms with van der Waals surface area (Å²) in [4.78, 5) is 13.9. The van der Waals surface area contributed by atoms with Gasteiger partial charge < -0.3 is 4.74 Å². The molecule has 3 heteroatoms. The van der Waals surface area contributed by atoms with Crippen molar-refractivity contribution in [1.82, 2.24) is 4.90 Å². The molecule has 132 valence electrons. The molecule has 0 radical (unpaired) electrons. The van der Waals surface area contributed by atoms with Gasteiger partial charge in [-0.2, -0.15) is 0 Å². The highest BCUT2D eigenvalue weighted by molar-refractivity contribution is 5.71. The molecule has 3 nitrogen and oxygen atoms in total. The van der Waals surface area contributed by atoms with Crippen LogP contribution in [-0.2, 0) is 16.0 Å². The lowest BCUT2D eigenvalue weighted by molar-refractivity contribution is -0.144. The van der Waals surface area contributed by atoms with Crippen LogP contribution in [0.5, 0.6) is 0 Å². The molecule has 1 aliphatic rings. The number of hydrogen-bond donors (Lipinski definition) is 0. The number of aryl methyl sites for hydroxylation is 1. The molecule has 2 aromatic rings. The Kier molecular flexibility index (Phi) is 5.87. The molecule has 1 aliphatic carbocycles. The van der Waals surface area contributed by atoms with Crippen LogP contribution in [-0.4, -0.2) is 37.6 Å². The Balaban J connectivity index is 1.82. The SMILES string of the molecule is CCOC(=O)CN(C)CC1CCc2ccccc2C1c1ccccc1. The van der Waals surface area contributed by atoms with Gasteiger partial charge in [-0.3, -0.25) is 9.69 Å². The molecular weight excluding hydrogens is 310 g/mol. The minimum absolute atomic E-state index is 0.141. The number of nitrogens with zero attached hydrogens (tertiary/aromatic N) is 1. The molecule has 0 saturated heterocycles. The number of esters is 1. The summed E-state index contributed by atoms with van der Waals surface area (Å²) in [6.45, 7) is 3.54. The van der Waals surface area contributed by atoms with Crippen LogP contribution in [0.15, 0.2) is 54.6 Å². The molecule has 2 aromatic carbocycles. The summed E-state index contributed by atoms with van der Waals surface area (Å²) >= 11 is 0. The van der Waals surface area contributed by atoms with Crippen molar-refractivity contribution in [1.29, 1.82) is 0 Å². The summed E-state index contributed by atoms with van der Waals surface area (Å²) in [6, 6.07) is 19.6. The minimum Gasteiger partial charge on any atom is -0.465 e. The van der Waals surface area contributed by atoms with Gasteiger partial charge >= 0.3 is 5.97 Å². The van der Waals surface area contributed by atoms with E-state index in [1.54, 1.807) is 0 Å². The Labute approximate surface area is 150 Å². The molecule has 0 bridgehead atoms. The second-order valence-corrected chi connectivity index (χ2v) is 6.89. The fourth-order valence-corrected chi connectivity index (χ4v) is 4.03. The van der Waals surface area contributed by atoms with Crippen molar-refractivity contribution in [2.24, 2.45) is 5.92 Å². The van der Waals surface area contributed by atoms with Crippen LogP contribution in [0.1, 0.15) is 36.0 Å². The summed E-state index contributed by atoms with van der Waals surface area (Å²) in [7, 11) is 2.01. The van der Waals surface area contributed by atoms with Crippen LogP contribution < -0.4 is 0 Å². The summed E-state index contributed by atoms with van der Waals surface area (Å²) in [5.41, 5.74) is 4.26. The van der Waals surface area contributed by atoms with E-state index in [1.165, 1.54) is 16.7 Å². The second kappa shape index (κ2) is 8.30. The Morgan fingerprint density at radius 3 is 2.60 bits per heavy atom. The highest BCUT2D eigenvalue weighted by Crippen LogP contribution is 2.41. The maximum absolute atomic E-state index is 11.8. The molecule has 0 heterocycles. The number of ether oxygens (including phenoxy) is 1. The molecule has 0 aliphatic heterocycles. The predicted octanol–water partition coefficient (Wildman–Crippen LogP) is 3.88. The Bertz CT molecular complexity index is 698. The van der Waals surface area contributed by atoms with E-state index in [0.717, 1.165) is 19.4 Å².